The molecule has 0 unspecified atom stereocenters. The molecule has 1 amide bonds. The lowest BCUT2D eigenvalue weighted by Crippen LogP contribution is -2.26. The highest BCUT2D eigenvalue weighted by Gasteiger charge is 2.20. The number of fused-ring (bicyclic) bond motifs is 1. The third-order valence-electron chi connectivity index (χ3n) is 4.69. The predicted molar refractivity (Wildman–Crippen MR) is 103 cm³/mol. The molecule has 1 fully saturated rings. The average Bonchev–Trinajstić information content (AvgIpc) is 3.51. The minimum absolute atomic E-state index is 0.0977. The van der Waals surface area contributed by atoms with Crippen molar-refractivity contribution in [3.05, 3.63) is 66.0 Å². The zero-order valence-corrected chi connectivity index (χ0v) is 14.6. The molecular weight excluding hydrogens is 324 g/mol. The first kappa shape index (κ1) is 16.5. The molecule has 1 saturated carbocycles. The van der Waals surface area contributed by atoms with Gasteiger partial charge in [0, 0.05) is 30.9 Å². The highest BCUT2D eigenvalue weighted by atomic mass is 16.1. The molecule has 132 valence electrons. The molecule has 1 aromatic carbocycles. The second-order valence-corrected chi connectivity index (χ2v) is 6.75. The van der Waals surface area contributed by atoms with Crippen molar-refractivity contribution in [2.24, 2.45) is 5.92 Å². The van der Waals surface area contributed by atoms with Crippen molar-refractivity contribution in [3.63, 3.8) is 0 Å². The van der Waals surface area contributed by atoms with Gasteiger partial charge in [-0.2, -0.15) is 0 Å². The molecule has 3 aromatic rings. The van der Waals surface area contributed by atoms with Gasteiger partial charge in [0.25, 0.3) is 5.91 Å². The smallest absolute Gasteiger partial charge is 0.252 e. The molecule has 2 N–H and O–H groups in total. The van der Waals surface area contributed by atoms with E-state index >= 15 is 0 Å². The quantitative estimate of drug-likeness (QED) is 0.688. The van der Waals surface area contributed by atoms with Gasteiger partial charge in [-0.05, 0) is 48.9 Å². The summed E-state index contributed by atoms with van der Waals surface area (Å²) >= 11 is 0. The van der Waals surface area contributed by atoms with Crippen molar-refractivity contribution in [2.75, 3.05) is 18.4 Å². The fraction of sp³-hybridized carbons (Fsp3) is 0.286. The average molecular weight is 346 g/mol. The van der Waals surface area contributed by atoms with E-state index in [0.29, 0.717) is 12.1 Å². The SMILES string of the molecule is O=C(NCCc1cccc2cccnc12)c1ccc(NCC2CC2)nc1. The molecule has 0 atom stereocenters. The number of hydrogen-bond donors (Lipinski definition) is 2. The highest BCUT2D eigenvalue weighted by Crippen LogP contribution is 2.28. The topological polar surface area (TPSA) is 66.9 Å². The third kappa shape index (κ3) is 3.99. The number of carbonyl (C=O) groups excluding carboxylic acids is 1. The van der Waals surface area contributed by atoms with E-state index in [4.69, 9.17) is 0 Å². The Kier molecular flexibility index (Phi) is 4.78. The third-order valence-corrected chi connectivity index (χ3v) is 4.69. The molecular formula is C21H22N4O. The first-order chi connectivity index (χ1) is 12.8. The number of benzene rings is 1. The molecule has 1 aliphatic rings. The van der Waals surface area contributed by atoms with Crippen molar-refractivity contribution < 1.29 is 4.79 Å². The second-order valence-electron chi connectivity index (χ2n) is 6.75. The Bertz CT molecular complexity index is 898. The number of nitrogens with zero attached hydrogens (tertiary/aromatic N) is 2. The number of hydrogen-bond acceptors (Lipinski definition) is 4. The van der Waals surface area contributed by atoms with E-state index in [0.717, 1.165) is 41.2 Å². The maximum absolute atomic E-state index is 12.3. The summed E-state index contributed by atoms with van der Waals surface area (Å²) in [6.07, 6.45) is 6.78. The molecule has 26 heavy (non-hydrogen) atoms. The van der Waals surface area contributed by atoms with E-state index in [1.165, 1.54) is 12.8 Å². The predicted octanol–water partition coefficient (Wildman–Crippen LogP) is 3.42. The van der Waals surface area contributed by atoms with Crippen LogP contribution >= 0.6 is 0 Å². The zero-order valence-electron chi connectivity index (χ0n) is 14.6. The zero-order chi connectivity index (χ0) is 17.8. The fourth-order valence-electron chi connectivity index (χ4n) is 2.99. The summed E-state index contributed by atoms with van der Waals surface area (Å²) in [7, 11) is 0. The Morgan fingerprint density at radius 3 is 2.77 bits per heavy atom. The Balaban J connectivity index is 1.31. The monoisotopic (exact) mass is 346 g/mol. The minimum atomic E-state index is -0.0977. The summed E-state index contributed by atoms with van der Waals surface area (Å²) in [6.45, 7) is 1.54. The number of nitrogens with one attached hydrogen (secondary N) is 2. The summed E-state index contributed by atoms with van der Waals surface area (Å²) in [5.74, 6) is 1.53. The molecule has 2 heterocycles. The Morgan fingerprint density at radius 2 is 1.96 bits per heavy atom. The van der Waals surface area contributed by atoms with Gasteiger partial charge in [0.15, 0.2) is 0 Å². The second kappa shape index (κ2) is 7.52. The number of para-hydroxylation sites is 1. The van der Waals surface area contributed by atoms with Crippen molar-refractivity contribution >= 4 is 22.6 Å². The van der Waals surface area contributed by atoms with Gasteiger partial charge in [0.1, 0.15) is 5.82 Å². The minimum Gasteiger partial charge on any atom is -0.370 e. The normalized spacial score (nSPS) is 13.5. The van der Waals surface area contributed by atoms with Gasteiger partial charge in [-0.25, -0.2) is 4.98 Å². The van der Waals surface area contributed by atoms with Gasteiger partial charge in [0.2, 0.25) is 0 Å². The lowest BCUT2D eigenvalue weighted by Gasteiger charge is -2.08. The summed E-state index contributed by atoms with van der Waals surface area (Å²) in [4.78, 5) is 21.1. The Labute approximate surface area is 152 Å². The van der Waals surface area contributed by atoms with Crippen molar-refractivity contribution in [3.8, 4) is 0 Å². The molecule has 0 aliphatic heterocycles. The standard InChI is InChI=1S/C21H22N4O/c26-21(18-8-9-19(25-14-18)24-13-15-6-7-15)23-12-10-17-4-1-3-16-5-2-11-22-20(16)17/h1-5,8-9,11,14-15H,6-7,10,12-13H2,(H,23,26)(H,24,25). The maximum atomic E-state index is 12.3. The summed E-state index contributed by atoms with van der Waals surface area (Å²) < 4.78 is 0. The number of aromatic nitrogens is 2. The van der Waals surface area contributed by atoms with E-state index in [2.05, 4.69) is 38.8 Å². The highest BCUT2D eigenvalue weighted by molar-refractivity contribution is 5.94. The summed E-state index contributed by atoms with van der Waals surface area (Å²) in [6, 6.07) is 13.8. The summed E-state index contributed by atoms with van der Waals surface area (Å²) in [5, 5.41) is 7.39. The number of rotatable bonds is 7. The lowest BCUT2D eigenvalue weighted by molar-refractivity contribution is 0.0954. The van der Waals surface area contributed by atoms with E-state index in [9.17, 15) is 4.79 Å². The van der Waals surface area contributed by atoms with Crippen LogP contribution in [0, 0.1) is 5.92 Å². The van der Waals surface area contributed by atoms with Crippen LogP contribution in [0.3, 0.4) is 0 Å². The summed E-state index contributed by atoms with van der Waals surface area (Å²) in [5.41, 5.74) is 2.72. The molecule has 0 spiro atoms. The van der Waals surface area contributed by atoms with Crippen LogP contribution < -0.4 is 10.6 Å². The van der Waals surface area contributed by atoms with Gasteiger partial charge in [-0.3, -0.25) is 9.78 Å². The number of carbonyl (C=O) groups is 1. The van der Waals surface area contributed by atoms with Crippen molar-refractivity contribution in [1.82, 2.24) is 15.3 Å². The van der Waals surface area contributed by atoms with Crippen LogP contribution in [0.4, 0.5) is 5.82 Å². The maximum Gasteiger partial charge on any atom is 0.252 e. The van der Waals surface area contributed by atoms with Gasteiger partial charge in [-0.1, -0.05) is 24.3 Å². The van der Waals surface area contributed by atoms with E-state index < -0.39 is 0 Å². The molecule has 5 heteroatoms. The van der Waals surface area contributed by atoms with Gasteiger partial charge in [0.05, 0.1) is 11.1 Å². The molecule has 5 nitrogen and oxygen atoms in total. The fourth-order valence-corrected chi connectivity index (χ4v) is 2.99. The van der Waals surface area contributed by atoms with Gasteiger partial charge < -0.3 is 10.6 Å². The Morgan fingerprint density at radius 1 is 1.08 bits per heavy atom. The Hall–Kier alpha value is -2.95. The molecule has 2 aromatic heterocycles. The van der Waals surface area contributed by atoms with E-state index in [-0.39, 0.29) is 5.91 Å². The molecule has 0 bridgehead atoms. The van der Waals surface area contributed by atoms with Crippen LogP contribution in [0.25, 0.3) is 10.9 Å². The first-order valence-electron chi connectivity index (χ1n) is 9.10. The van der Waals surface area contributed by atoms with Crippen LogP contribution in [-0.2, 0) is 6.42 Å². The first-order valence-corrected chi connectivity index (χ1v) is 9.10. The van der Waals surface area contributed by atoms with Crippen LogP contribution in [0.2, 0.25) is 0 Å². The van der Waals surface area contributed by atoms with Crippen molar-refractivity contribution in [1.29, 1.82) is 0 Å². The van der Waals surface area contributed by atoms with Gasteiger partial charge in [-0.15, -0.1) is 0 Å². The molecule has 0 radical (unpaired) electrons. The number of pyridine rings is 2. The van der Waals surface area contributed by atoms with Crippen LogP contribution in [0.1, 0.15) is 28.8 Å². The largest absolute Gasteiger partial charge is 0.370 e. The molecule has 0 saturated heterocycles. The van der Waals surface area contributed by atoms with E-state index in [1.54, 1.807) is 12.4 Å². The molecule has 1 aliphatic carbocycles. The van der Waals surface area contributed by atoms with E-state index in [1.807, 2.05) is 24.3 Å². The van der Waals surface area contributed by atoms with Crippen molar-refractivity contribution in [2.45, 2.75) is 19.3 Å². The van der Waals surface area contributed by atoms with Crippen LogP contribution in [0.15, 0.2) is 54.9 Å². The van der Waals surface area contributed by atoms with Crippen LogP contribution in [-0.4, -0.2) is 29.0 Å². The van der Waals surface area contributed by atoms with Crippen LogP contribution in [0.5, 0.6) is 0 Å². The lowest BCUT2D eigenvalue weighted by atomic mass is 10.1. The number of anilines is 1. The molecule has 4 rings (SSSR count). The number of amides is 1. The van der Waals surface area contributed by atoms with Gasteiger partial charge >= 0.3 is 0 Å².